The van der Waals surface area contributed by atoms with Gasteiger partial charge in [-0.05, 0) is 48.4 Å². The first-order valence-corrected chi connectivity index (χ1v) is 9.42. The van der Waals surface area contributed by atoms with Crippen LogP contribution >= 0.6 is 0 Å². The minimum absolute atomic E-state index is 0.174. The van der Waals surface area contributed by atoms with Crippen LogP contribution in [0.2, 0.25) is 0 Å². The van der Waals surface area contributed by atoms with Gasteiger partial charge >= 0.3 is 5.69 Å². The highest BCUT2D eigenvalue weighted by atomic mass is 19.1. The number of carbonyl (C=O) groups excluding carboxylic acids is 1. The van der Waals surface area contributed by atoms with Crippen LogP contribution < -0.4 is 16.6 Å². The van der Waals surface area contributed by atoms with E-state index in [0.29, 0.717) is 18.6 Å². The molecule has 8 nitrogen and oxygen atoms in total. The predicted octanol–water partition coefficient (Wildman–Crippen LogP) is 1.49. The first-order valence-electron chi connectivity index (χ1n) is 9.42. The van der Waals surface area contributed by atoms with Crippen molar-refractivity contribution in [3.05, 3.63) is 92.3 Å². The molecule has 1 amide bonds. The number of ether oxygens (including phenoxy) is 1. The van der Waals surface area contributed by atoms with E-state index in [4.69, 9.17) is 4.74 Å². The highest BCUT2D eigenvalue weighted by Gasteiger charge is 2.20. The molecule has 3 rings (SSSR count). The Balaban J connectivity index is 2.07. The van der Waals surface area contributed by atoms with E-state index in [-0.39, 0.29) is 18.8 Å². The lowest BCUT2D eigenvalue weighted by molar-refractivity contribution is 0.0938. The molecule has 1 N–H and O–H groups in total. The fourth-order valence-electron chi connectivity index (χ4n) is 2.82. The summed E-state index contributed by atoms with van der Waals surface area (Å²) in [7, 11) is 1.52. The van der Waals surface area contributed by atoms with E-state index >= 15 is 0 Å². The average Bonchev–Trinajstić information content (AvgIpc) is 2.76. The largest absolute Gasteiger partial charge is 0.385 e. The van der Waals surface area contributed by atoms with Crippen LogP contribution in [0.3, 0.4) is 0 Å². The van der Waals surface area contributed by atoms with Crippen molar-refractivity contribution in [3.8, 4) is 5.69 Å². The number of methoxy groups -OCH3 is 1. The molecule has 1 heterocycles. The number of carbonyl (C=O) groups is 1. The summed E-state index contributed by atoms with van der Waals surface area (Å²) in [6.07, 6.45) is 0.517. The third kappa shape index (κ3) is 5.28. The van der Waals surface area contributed by atoms with Gasteiger partial charge < -0.3 is 10.1 Å². The second-order valence-electron chi connectivity index (χ2n) is 6.64. The lowest BCUT2D eigenvalue weighted by atomic mass is 10.2. The Morgan fingerprint density at radius 3 is 2.26 bits per heavy atom. The molecule has 0 unspecified atom stereocenters. The average molecular weight is 430 g/mol. The third-order valence-electron chi connectivity index (χ3n) is 4.41. The minimum atomic E-state index is -0.892. The van der Waals surface area contributed by atoms with Crippen molar-refractivity contribution < 1.29 is 18.3 Å². The molecular formula is C21H20F2N4O4. The van der Waals surface area contributed by atoms with E-state index in [0.717, 1.165) is 21.4 Å². The number of hydrogen-bond acceptors (Lipinski definition) is 5. The summed E-state index contributed by atoms with van der Waals surface area (Å²) in [6.45, 7) is 0.449. The molecule has 0 saturated carbocycles. The molecule has 0 radical (unpaired) electrons. The lowest BCUT2D eigenvalue weighted by Gasteiger charge is -2.12. The van der Waals surface area contributed by atoms with Crippen molar-refractivity contribution in [1.29, 1.82) is 0 Å². The Hall–Kier alpha value is -3.66. The topological polar surface area (TPSA) is 95.2 Å². The number of nitrogens with zero attached hydrogens (tertiary/aromatic N) is 3. The molecule has 0 fully saturated rings. The standard InChI is InChI=1S/C21H20F2N4O4/c1-31-12-2-11-24-19(28)18-20(29)26(13-14-3-5-15(22)6-4-14)21(30)27(25-18)17-9-7-16(23)8-10-17/h3-10H,2,11-13H2,1H3,(H,24,28). The van der Waals surface area contributed by atoms with Crippen LogP contribution in [0, 0.1) is 11.6 Å². The molecule has 162 valence electrons. The third-order valence-corrected chi connectivity index (χ3v) is 4.41. The maximum Gasteiger partial charge on any atom is 0.352 e. The van der Waals surface area contributed by atoms with Crippen molar-refractivity contribution in [3.63, 3.8) is 0 Å². The first-order chi connectivity index (χ1) is 14.9. The maximum absolute atomic E-state index is 13.3. The summed E-state index contributed by atoms with van der Waals surface area (Å²) in [6, 6.07) is 10.1. The summed E-state index contributed by atoms with van der Waals surface area (Å²) < 4.78 is 33.1. The van der Waals surface area contributed by atoms with Gasteiger partial charge in [0.05, 0.1) is 12.2 Å². The van der Waals surface area contributed by atoms with E-state index in [2.05, 4.69) is 10.4 Å². The molecular weight excluding hydrogens is 410 g/mol. The number of halogens is 2. The minimum Gasteiger partial charge on any atom is -0.385 e. The van der Waals surface area contributed by atoms with Crippen LogP contribution in [0.1, 0.15) is 22.5 Å². The van der Waals surface area contributed by atoms with Crippen LogP contribution in [0.5, 0.6) is 0 Å². The van der Waals surface area contributed by atoms with Crippen LogP contribution in [0.15, 0.2) is 58.1 Å². The van der Waals surface area contributed by atoms with E-state index in [1.807, 2.05) is 0 Å². The summed E-state index contributed by atoms with van der Waals surface area (Å²) >= 11 is 0. The highest BCUT2D eigenvalue weighted by molar-refractivity contribution is 5.91. The first kappa shape index (κ1) is 22.0. The maximum atomic E-state index is 13.3. The highest BCUT2D eigenvalue weighted by Crippen LogP contribution is 2.07. The smallest absolute Gasteiger partial charge is 0.352 e. The molecule has 0 atom stereocenters. The van der Waals surface area contributed by atoms with E-state index in [9.17, 15) is 23.2 Å². The summed E-state index contributed by atoms with van der Waals surface area (Å²) in [5, 5.41) is 6.49. The van der Waals surface area contributed by atoms with Gasteiger partial charge in [0.15, 0.2) is 0 Å². The summed E-state index contributed by atoms with van der Waals surface area (Å²) in [5.41, 5.74) is -1.56. The Labute approximate surface area is 175 Å². The van der Waals surface area contributed by atoms with E-state index in [1.165, 1.54) is 43.5 Å². The Bertz CT molecular complexity index is 1170. The molecule has 10 heteroatoms. The van der Waals surface area contributed by atoms with Gasteiger partial charge in [0.1, 0.15) is 11.6 Å². The van der Waals surface area contributed by atoms with Crippen LogP contribution in [0.25, 0.3) is 5.69 Å². The molecule has 0 aliphatic carbocycles. The van der Waals surface area contributed by atoms with Crippen molar-refractivity contribution >= 4 is 5.91 Å². The van der Waals surface area contributed by atoms with E-state index in [1.54, 1.807) is 0 Å². The van der Waals surface area contributed by atoms with Gasteiger partial charge in [-0.1, -0.05) is 12.1 Å². The van der Waals surface area contributed by atoms with Crippen LogP contribution in [-0.4, -0.2) is 40.5 Å². The molecule has 0 bridgehead atoms. The van der Waals surface area contributed by atoms with Gasteiger partial charge in [0, 0.05) is 20.3 Å². The zero-order valence-electron chi connectivity index (χ0n) is 16.7. The second kappa shape index (κ2) is 9.90. The number of amides is 1. The van der Waals surface area contributed by atoms with Crippen LogP contribution in [-0.2, 0) is 11.3 Å². The molecule has 0 spiro atoms. The normalized spacial score (nSPS) is 10.8. The number of aromatic nitrogens is 3. The fraction of sp³-hybridized carbons (Fsp3) is 0.238. The lowest BCUT2D eigenvalue weighted by Crippen LogP contribution is -2.46. The van der Waals surface area contributed by atoms with Crippen molar-refractivity contribution in [2.45, 2.75) is 13.0 Å². The molecule has 0 aliphatic rings. The van der Waals surface area contributed by atoms with E-state index < -0.39 is 34.5 Å². The Morgan fingerprint density at radius 2 is 1.65 bits per heavy atom. The Morgan fingerprint density at radius 1 is 1.03 bits per heavy atom. The van der Waals surface area contributed by atoms with Crippen LogP contribution in [0.4, 0.5) is 8.78 Å². The number of benzene rings is 2. The van der Waals surface area contributed by atoms with Crippen molar-refractivity contribution in [1.82, 2.24) is 19.7 Å². The fourth-order valence-corrected chi connectivity index (χ4v) is 2.82. The number of hydrogen-bond donors (Lipinski definition) is 1. The van der Waals surface area contributed by atoms with Crippen molar-refractivity contribution in [2.75, 3.05) is 20.3 Å². The number of rotatable bonds is 8. The quantitative estimate of drug-likeness (QED) is 0.547. The van der Waals surface area contributed by atoms with Gasteiger partial charge in [-0.25, -0.2) is 13.6 Å². The van der Waals surface area contributed by atoms with Gasteiger partial charge in [-0.2, -0.15) is 9.78 Å². The zero-order chi connectivity index (χ0) is 22.4. The predicted molar refractivity (Wildman–Crippen MR) is 108 cm³/mol. The van der Waals surface area contributed by atoms with Gasteiger partial charge in [0.2, 0.25) is 5.69 Å². The molecule has 2 aromatic carbocycles. The summed E-state index contributed by atoms with van der Waals surface area (Å²) in [4.78, 5) is 38.4. The molecule has 3 aromatic rings. The SMILES string of the molecule is COCCCNC(=O)c1nn(-c2ccc(F)cc2)c(=O)n(Cc2ccc(F)cc2)c1=O. The molecule has 0 aliphatic heterocycles. The summed E-state index contributed by atoms with van der Waals surface area (Å²) in [5.74, 6) is -1.75. The Kier molecular flexibility index (Phi) is 7.03. The molecule has 31 heavy (non-hydrogen) atoms. The van der Waals surface area contributed by atoms with Gasteiger partial charge in [-0.15, -0.1) is 0 Å². The monoisotopic (exact) mass is 430 g/mol. The molecule has 0 saturated heterocycles. The number of nitrogens with one attached hydrogen (secondary N) is 1. The molecule has 1 aromatic heterocycles. The van der Waals surface area contributed by atoms with Gasteiger partial charge in [0.25, 0.3) is 11.5 Å². The second-order valence-corrected chi connectivity index (χ2v) is 6.64. The van der Waals surface area contributed by atoms with Crippen molar-refractivity contribution in [2.24, 2.45) is 0 Å². The van der Waals surface area contributed by atoms with Gasteiger partial charge in [-0.3, -0.25) is 14.2 Å². The zero-order valence-corrected chi connectivity index (χ0v) is 16.7.